The Balaban J connectivity index is 1.28. The van der Waals surface area contributed by atoms with Gasteiger partial charge in [-0.3, -0.25) is 14.1 Å². The molecule has 148 valence electrons. The number of halogens is 3. The molecule has 0 radical (unpaired) electrons. The number of aromatic nitrogens is 2. The van der Waals surface area contributed by atoms with E-state index < -0.39 is 11.7 Å². The smallest absolute Gasteiger partial charge is 0.340 e. The quantitative estimate of drug-likeness (QED) is 0.665. The molecule has 1 aromatic carbocycles. The number of carbonyl (C=O) groups is 1. The maximum atomic E-state index is 12.6. The van der Waals surface area contributed by atoms with E-state index in [9.17, 15) is 18.0 Å². The van der Waals surface area contributed by atoms with E-state index in [1.807, 2.05) is 27.1 Å². The maximum Gasteiger partial charge on any atom is 0.416 e. The predicted octanol–water partition coefficient (Wildman–Crippen LogP) is 3.30. The molecule has 0 N–H and O–H groups in total. The van der Waals surface area contributed by atoms with Crippen molar-refractivity contribution < 1.29 is 18.0 Å². The molecule has 0 atom stereocenters. The summed E-state index contributed by atoms with van der Waals surface area (Å²) in [6, 6.07) is 5.27. The molecule has 0 unspecified atom stereocenters. The summed E-state index contributed by atoms with van der Waals surface area (Å²) in [4.78, 5) is 21.8. The van der Waals surface area contributed by atoms with E-state index in [1.54, 1.807) is 0 Å². The Morgan fingerprint density at radius 2 is 1.82 bits per heavy atom. The summed E-state index contributed by atoms with van der Waals surface area (Å²) in [5.74, 6) is 0.0555. The fourth-order valence-corrected chi connectivity index (χ4v) is 4.06. The fourth-order valence-electron chi connectivity index (χ4n) is 3.34. The second-order valence-corrected chi connectivity index (χ2v) is 7.73. The number of fused-ring (bicyclic) bond motifs is 1. The number of piperazine rings is 1. The van der Waals surface area contributed by atoms with Crippen molar-refractivity contribution in [1.29, 1.82) is 0 Å². The van der Waals surface area contributed by atoms with Gasteiger partial charge in [0.25, 0.3) is 0 Å². The first-order valence-electron chi connectivity index (χ1n) is 8.96. The number of alkyl halides is 3. The van der Waals surface area contributed by atoms with Crippen molar-refractivity contribution in [2.45, 2.75) is 19.1 Å². The Bertz CT molecular complexity index is 927. The minimum absolute atomic E-state index is 0.0555. The highest BCUT2D eigenvalue weighted by molar-refractivity contribution is 7.15. The molecule has 1 saturated heterocycles. The van der Waals surface area contributed by atoms with Gasteiger partial charge in [0.2, 0.25) is 5.91 Å². The molecule has 5 nitrogen and oxygen atoms in total. The Labute approximate surface area is 164 Å². The van der Waals surface area contributed by atoms with Crippen LogP contribution >= 0.6 is 11.3 Å². The maximum absolute atomic E-state index is 12.6. The van der Waals surface area contributed by atoms with Crippen LogP contribution in [-0.4, -0.2) is 51.3 Å². The molecule has 1 amide bonds. The zero-order valence-electron chi connectivity index (χ0n) is 15.0. The average Bonchev–Trinajstić information content (AvgIpc) is 3.23. The molecular formula is C19H19F3N4OS. The third-order valence-electron chi connectivity index (χ3n) is 4.89. The van der Waals surface area contributed by atoms with Gasteiger partial charge in [-0.1, -0.05) is 12.1 Å². The van der Waals surface area contributed by atoms with Gasteiger partial charge in [0.05, 0.1) is 17.7 Å². The highest BCUT2D eigenvalue weighted by atomic mass is 32.1. The number of benzene rings is 1. The minimum atomic E-state index is -4.31. The van der Waals surface area contributed by atoms with Gasteiger partial charge in [0.1, 0.15) is 0 Å². The van der Waals surface area contributed by atoms with Crippen LogP contribution in [-0.2, 0) is 23.9 Å². The van der Waals surface area contributed by atoms with Crippen LogP contribution in [0.25, 0.3) is 4.96 Å². The van der Waals surface area contributed by atoms with Crippen LogP contribution in [0.4, 0.5) is 13.2 Å². The van der Waals surface area contributed by atoms with E-state index in [0.717, 1.165) is 28.4 Å². The second kappa shape index (κ2) is 7.56. The van der Waals surface area contributed by atoms with Crippen molar-refractivity contribution in [3.63, 3.8) is 0 Å². The molecule has 3 heterocycles. The van der Waals surface area contributed by atoms with Crippen molar-refractivity contribution in [3.05, 3.63) is 58.9 Å². The topological polar surface area (TPSA) is 40.9 Å². The number of hydrogen-bond acceptors (Lipinski definition) is 4. The fraction of sp³-hybridized carbons (Fsp3) is 0.368. The van der Waals surface area contributed by atoms with Gasteiger partial charge in [-0.05, 0) is 17.7 Å². The summed E-state index contributed by atoms with van der Waals surface area (Å²) in [6.45, 7) is 3.21. The number of carbonyl (C=O) groups excluding carboxylic acids is 1. The van der Waals surface area contributed by atoms with E-state index in [0.29, 0.717) is 32.7 Å². The van der Waals surface area contributed by atoms with Crippen LogP contribution in [0.15, 0.2) is 42.0 Å². The van der Waals surface area contributed by atoms with E-state index in [4.69, 9.17) is 0 Å². The van der Waals surface area contributed by atoms with Crippen molar-refractivity contribution in [2.75, 3.05) is 26.2 Å². The Morgan fingerprint density at radius 1 is 1.11 bits per heavy atom. The summed E-state index contributed by atoms with van der Waals surface area (Å²) in [5.41, 5.74) is 0.973. The summed E-state index contributed by atoms with van der Waals surface area (Å²) in [5, 5.41) is 1.95. The van der Waals surface area contributed by atoms with Crippen LogP contribution < -0.4 is 0 Å². The number of rotatable bonds is 4. The number of imidazole rings is 1. The molecule has 1 aliphatic heterocycles. The third-order valence-corrected chi connectivity index (χ3v) is 5.66. The molecule has 1 aliphatic rings. The highest BCUT2D eigenvalue weighted by Gasteiger charge is 2.30. The van der Waals surface area contributed by atoms with Gasteiger partial charge in [0, 0.05) is 50.5 Å². The Kier molecular flexibility index (Phi) is 5.11. The van der Waals surface area contributed by atoms with E-state index in [-0.39, 0.29) is 12.3 Å². The van der Waals surface area contributed by atoms with E-state index >= 15 is 0 Å². The molecular weight excluding hydrogens is 389 g/mol. The summed E-state index contributed by atoms with van der Waals surface area (Å²) in [6.07, 6.45) is -0.229. The van der Waals surface area contributed by atoms with Gasteiger partial charge in [0.15, 0.2) is 4.96 Å². The molecule has 3 aromatic rings. The number of hydrogen-bond donors (Lipinski definition) is 0. The Morgan fingerprint density at radius 3 is 2.46 bits per heavy atom. The summed E-state index contributed by atoms with van der Waals surface area (Å²) < 4.78 is 39.8. The zero-order valence-corrected chi connectivity index (χ0v) is 15.8. The van der Waals surface area contributed by atoms with Crippen molar-refractivity contribution in [2.24, 2.45) is 0 Å². The molecule has 0 spiro atoms. The van der Waals surface area contributed by atoms with Crippen LogP contribution in [0.2, 0.25) is 0 Å². The SMILES string of the molecule is O=C(Cc1cn2ccsc2n1)N1CCN(Cc2ccc(C(F)(F)F)cc2)CC1. The lowest BCUT2D eigenvalue weighted by atomic mass is 10.1. The molecule has 28 heavy (non-hydrogen) atoms. The first kappa shape index (κ1) is 18.9. The van der Waals surface area contributed by atoms with Gasteiger partial charge in [-0.25, -0.2) is 4.98 Å². The van der Waals surface area contributed by atoms with Crippen LogP contribution in [0.5, 0.6) is 0 Å². The predicted molar refractivity (Wildman–Crippen MR) is 100 cm³/mol. The van der Waals surface area contributed by atoms with Crippen LogP contribution in [0.3, 0.4) is 0 Å². The van der Waals surface area contributed by atoms with E-state index in [2.05, 4.69) is 9.88 Å². The lowest BCUT2D eigenvalue weighted by Crippen LogP contribution is -2.48. The van der Waals surface area contributed by atoms with Gasteiger partial charge in [-0.2, -0.15) is 13.2 Å². The third kappa shape index (κ3) is 4.20. The monoisotopic (exact) mass is 408 g/mol. The molecule has 9 heteroatoms. The minimum Gasteiger partial charge on any atom is -0.340 e. The van der Waals surface area contributed by atoms with Crippen LogP contribution in [0.1, 0.15) is 16.8 Å². The average molecular weight is 408 g/mol. The zero-order chi connectivity index (χ0) is 19.7. The number of amides is 1. The molecule has 4 rings (SSSR count). The number of thiazole rings is 1. The molecule has 1 fully saturated rings. The van der Waals surface area contributed by atoms with Gasteiger partial charge < -0.3 is 4.90 Å². The van der Waals surface area contributed by atoms with E-state index in [1.165, 1.54) is 23.5 Å². The standard InChI is InChI=1S/C19H19F3N4OS/c20-19(21,22)15-3-1-14(2-4-15)12-24-5-7-25(8-6-24)17(27)11-16-13-26-9-10-28-18(26)23-16/h1-4,9-10,13H,5-8,11-12H2. The largest absolute Gasteiger partial charge is 0.416 e. The van der Waals surface area contributed by atoms with Crippen molar-refractivity contribution in [1.82, 2.24) is 19.2 Å². The lowest BCUT2D eigenvalue weighted by Gasteiger charge is -2.34. The first-order chi connectivity index (χ1) is 13.4. The van der Waals surface area contributed by atoms with Gasteiger partial charge >= 0.3 is 6.18 Å². The second-order valence-electron chi connectivity index (χ2n) is 6.85. The molecule has 0 bridgehead atoms. The lowest BCUT2D eigenvalue weighted by molar-refractivity contribution is -0.137. The molecule has 0 aliphatic carbocycles. The molecule has 0 saturated carbocycles. The van der Waals surface area contributed by atoms with Crippen molar-refractivity contribution >= 4 is 22.2 Å². The normalized spacial score (nSPS) is 16.0. The summed E-state index contributed by atoms with van der Waals surface area (Å²) in [7, 11) is 0. The van der Waals surface area contributed by atoms with Crippen LogP contribution in [0, 0.1) is 0 Å². The first-order valence-corrected chi connectivity index (χ1v) is 9.84. The Hall–Kier alpha value is -2.39. The summed E-state index contributed by atoms with van der Waals surface area (Å²) >= 11 is 1.53. The highest BCUT2D eigenvalue weighted by Crippen LogP contribution is 2.29. The number of nitrogens with zero attached hydrogens (tertiary/aromatic N) is 4. The van der Waals surface area contributed by atoms with Gasteiger partial charge in [-0.15, -0.1) is 11.3 Å². The van der Waals surface area contributed by atoms with Crippen molar-refractivity contribution in [3.8, 4) is 0 Å². The molecule has 2 aromatic heterocycles.